The fraction of sp³-hybridized carbons (Fsp3) is 0.917. The molecule has 2 saturated heterocycles. The number of cyclic esters (lactones) is 1. The normalized spacial score (nSPS) is 39.2. The second kappa shape index (κ2) is 5.62. The molecule has 7 nitrogen and oxygen atoms in total. The average molecular weight is 275 g/mol. The van der Waals surface area contributed by atoms with Crippen molar-refractivity contribution in [3.8, 4) is 0 Å². The van der Waals surface area contributed by atoms with Crippen LogP contribution in [0.1, 0.15) is 20.3 Å². The van der Waals surface area contributed by atoms with Crippen LogP contribution in [0, 0.1) is 5.92 Å². The topological polar surface area (TPSA) is 99.5 Å². The van der Waals surface area contributed by atoms with Crippen LogP contribution in [0.3, 0.4) is 0 Å². The van der Waals surface area contributed by atoms with Crippen LogP contribution in [0.5, 0.6) is 0 Å². The first-order chi connectivity index (χ1) is 8.90. The Morgan fingerprint density at radius 3 is 2.53 bits per heavy atom. The van der Waals surface area contributed by atoms with Gasteiger partial charge in [-0.2, -0.15) is 0 Å². The van der Waals surface area contributed by atoms with Gasteiger partial charge in [0.1, 0.15) is 24.9 Å². The maximum Gasteiger partial charge on any atom is 0.410 e. The van der Waals surface area contributed by atoms with Crippen molar-refractivity contribution in [3.63, 3.8) is 0 Å². The molecule has 0 aromatic heterocycles. The van der Waals surface area contributed by atoms with Crippen molar-refractivity contribution in [1.29, 1.82) is 0 Å². The molecule has 2 fully saturated rings. The molecule has 0 radical (unpaired) electrons. The van der Waals surface area contributed by atoms with Gasteiger partial charge in [0.25, 0.3) is 0 Å². The Hall–Kier alpha value is -0.890. The molecule has 2 heterocycles. The summed E-state index contributed by atoms with van der Waals surface area (Å²) in [6.07, 6.45) is -4.42. The van der Waals surface area contributed by atoms with Crippen LogP contribution in [-0.2, 0) is 9.47 Å². The minimum atomic E-state index is -1.41. The number of hydrogen-bond acceptors (Lipinski definition) is 6. The van der Waals surface area contributed by atoms with Gasteiger partial charge in [-0.25, -0.2) is 4.79 Å². The van der Waals surface area contributed by atoms with E-state index in [9.17, 15) is 20.1 Å². The monoisotopic (exact) mass is 275 g/mol. The zero-order valence-electron chi connectivity index (χ0n) is 11.1. The molecular formula is C12H21NO6. The van der Waals surface area contributed by atoms with E-state index in [-0.39, 0.29) is 12.6 Å². The third-order valence-electron chi connectivity index (χ3n) is 3.53. The number of carbonyl (C=O) groups excluding carboxylic acids is 1. The number of nitrogens with zero attached hydrogens (tertiary/aromatic N) is 1. The van der Waals surface area contributed by atoms with Gasteiger partial charge in [0.05, 0.1) is 12.6 Å². The molecule has 0 spiro atoms. The molecule has 0 unspecified atom stereocenters. The quantitative estimate of drug-likeness (QED) is 0.627. The van der Waals surface area contributed by atoms with Gasteiger partial charge in [0.15, 0.2) is 6.29 Å². The van der Waals surface area contributed by atoms with Crippen molar-refractivity contribution in [2.45, 2.75) is 50.9 Å². The molecule has 2 aliphatic heterocycles. The standard InChI is InChI=1S/C12H21NO6/c1-6(2)3-7-5-18-12(17)13(7)4-8-9(14)10(15)11(16)19-8/h6-11,14-16H,3-5H2,1-2H3/t7-,8+,9+,10+,11+/m0/s1. The van der Waals surface area contributed by atoms with E-state index in [2.05, 4.69) is 13.8 Å². The fourth-order valence-electron chi connectivity index (χ4n) is 2.53. The summed E-state index contributed by atoms with van der Waals surface area (Å²) in [5.41, 5.74) is 0. The Kier molecular flexibility index (Phi) is 4.29. The lowest BCUT2D eigenvalue weighted by Crippen LogP contribution is -2.44. The van der Waals surface area contributed by atoms with Gasteiger partial charge in [-0.15, -0.1) is 0 Å². The molecule has 5 atom stereocenters. The smallest absolute Gasteiger partial charge is 0.410 e. The van der Waals surface area contributed by atoms with Crippen LogP contribution in [0.2, 0.25) is 0 Å². The van der Waals surface area contributed by atoms with Gasteiger partial charge in [0.2, 0.25) is 0 Å². The second-order valence-corrected chi connectivity index (χ2v) is 5.56. The Morgan fingerprint density at radius 2 is 2.00 bits per heavy atom. The highest BCUT2D eigenvalue weighted by atomic mass is 16.6. The lowest BCUT2D eigenvalue weighted by atomic mass is 10.0. The number of hydrogen-bond donors (Lipinski definition) is 3. The molecule has 2 aliphatic rings. The summed E-state index contributed by atoms with van der Waals surface area (Å²) in [4.78, 5) is 13.2. The summed E-state index contributed by atoms with van der Waals surface area (Å²) in [5.74, 6) is 0.410. The molecule has 3 N–H and O–H groups in total. The van der Waals surface area contributed by atoms with E-state index < -0.39 is 30.7 Å². The summed E-state index contributed by atoms with van der Waals surface area (Å²) in [6, 6.07) is -0.0572. The largest absolute Gasteiger partial charge is 0.447 e. The lowest BCUT2D eigenvalue weighted by Gasteiger charge is -2.26. The highest BCUT2D eigenvalue weighted by molar-refractivity contribution is 5.70. The molecule has 0 aliphatic carbocycles. The van der Waals surface area contributed by atoms with Crippen LogP contribution < -0.4 is 0 Å². The van der Waals surface area contributed by atoms with Crippen molar-refractivity contribution in [2.75, 3.05) is 13.2 Å². The molecule has 0 saturated carbocycles. The van der Waals surface area contributed by atoms with E-state index in [1.54, 1.807) is 0 Å². The molecule has 0 aromatic carbocycles. The van der Waals surface area contributed by atoms with Gasteiger partial charge >= 0.3 is 6.09 Å². The second-order valence-electron chi connectivity index (χ2n) is 5.56. The Morgan fingerprint density at radius 1 is 1.32 bits per heavy atom. The predicted molar refractivity (Wildman–Crippen MR) is 64.2 cm³/mol. The van der Waals surface area contributed by atoms with Crippen molar-refractivity contribution in [3.05, 3.63) is 0 Å². The van der Waals surface area contributed by atoms with Crippen molar-refractivity contribution >= 4 is 6.09 Å². The van der Waals surface area contributed by atoms with Crippen LogP contribution >= 0.6 is 0 Å². The molecule has 7 heteroatoms. The Balaban J connectivity index is 1.98. The summed E-state index contributed by atoms with van der Waals surface area (Å²) in [7, 11) is 0. The minimum Gasteiger partial charge on any atom is -0.447 e. The first-order valence-corrected chi connectivity index (χ1v) is 6.53. The third kappa shape index (κ3) is 3.00. The van der Waals surface area contributed by atoms with E-state index in [0.717, 1.165) is 6.42 Å². The Bertz CT molecular complexity index is 336. The van der Waals surface area contributed by atoms with Gasteiger partial charge in [-0.1, -0.05) is 13.8 Å². The van der Waals surface area contributed by atoms with Crippen LogP contribution in [-0.4, -0.2) is 70.1 Å². The van der Waals surface area contributed by atoms with Crippen molar-refractivity contribution < 1.29 is 29.6 Å². The average Bonchev–Trinajstić information content (AvgIpc) is 2.78. The van der Waals surface area contributed by atoms with Crippen LogP contribution in [0.25, 0.3) is 0 Å². The molecule has 1 amide bonds. The minimum absolute atomic E-state index is 0.0572. The molecule has 0 bridgehead atoms. The van der Waals surface area contributed by atoms with E-state index >= 15 is 0 Å². The SMILES string of the molecule is CC(C)C[C@H]1COC(=O)N1C[C@H]1O[C@@H](O)[C@H](O)[C@@H]1O. The third-order valence-corrected chi connectivity index (χ3v) is 3.53. The maximum atomic E-state index is 11.7. The number of aliphatic hydroxyl groups is 3. The predicted octanol–water partition coefficient (Wildman–Crippen LogP) is -0.708. The molecule has 0 aromatic rings. The van der Waals surface area contributed by atoms with Crippen molar-refractivity contribution in [2.24, 2.45) is 5.92 Å². The Labute approximate surface area is 111 Å². The number of aliphatic hydroxyl groups excluding tert-OH is 3. The van der Waals surface area contributed by atoms with Crippen LogP contribution in [0.15, 0.2) is 0 Å². The molecule has 19 heavy (non-hydrogen) atoms. The summed E-state index contributed by atoms with van der Waals surface area (Å²) in [6.45, 7) is 4.53. The van der Waals surface area contributed by atoms with E-state index in [0.29, 0.717) is 12.5 Å². The lowest BCUT2D eigenvalue weighted by molar-refractivity contribution is -0.129. The molecular weight excluding hydrogens is 254 g/mol. The molecule has 110 valence electrons. The van der Waals surface area contributed by atoms with Gasteiger partial charge < -0.3 is 24.8 Å². The zero-order chi connectivity index (χ0) is 14.2. The maximum absolute atomic E-state index is 11.7. The number of rotatable bonds is 4. The molecule has 2 rings (SSSR count). The number of carbonyl (C=O) groups is 1. The first kappa shape index (κ1) is 14.5. The van der Waals surface area contributed by atoms with Crippen LogP contribution in [0.4, 0.5) is 4.79 Å². The van der Waals surface area contributed by atoms with E-state index in [1.807, 2.05) is 0 Å². The summed E-state index contributed by atoms with van der Waals surface area (Å²) >= 11 is 0. The fourth-order valence-corrected chi connectivity index (χ4v) is 2.53. The van der Waals surface area contributed by atoms with Gasteiger partial charge in [-0.05, 0) is 12.3 Å². The first-order valence-electron chi connectivity index (χ1n) is 6.53. The van der Waals surface area contributed by atoms with Gasteiger partial charge in [-0.3, -0.25) is 4.90 Å². The number of amides is 1. The van der Waals surface area contributed by atoms with E-state index in [4.69, 9.17) is 9.47 Å². The zero-order valence-corrected chi connectivity index (χ0v) is 11.1. The van der Waals surface area contributed by atoms with Gasteiger partial charge in [0, 0.05) is 0 Å². The van der Waals surface area contributed by atoms with E-state index in [1.165, 1.54) is 4.90 Å². The summed E-state index contributed by atoms with van der Waals surface area (Å²) in [5, 5.41) is 28.5. The highest BCUT2D eigenvalue weighted by Crippen LogP contribution is 2.25. The number of ether oxygens (including phenoxy) is 2. The van der Waals surface area contributed by atoms with Crippen molar-refractivity contribution in [1.82, 2.24) is 4.90 Å². The highest BCUT2D eigenvalue weighted by Gasteiger charge is 2.45. The summed E-state index contributed by atoms with van der Waals surface area (Å²) < 4.78 is 10.1.